The number of likely N-dealkylation sites (tertiary alicyclic amines) is 1. The van der Waals surface area contributed by atoms with Gasteiger partial charge in [-0.1, -0.05) is 11.6 Å². The normalized spacial score (nSPS) is 17.6. The lowest BCUT2D eigenvalue weighted by Crippen LogP contribution is -2.43. The molecule has 0 atom stereocenters. The standard InChI is InChI=1S/C20H25N3O.2ClH/c1-12-9-13(2)19-16(10-12)17(11-18(22-19)14-3-4-14)20(24)23-7-5-15(21)6-8-23;;/h9-11,14-15H,3-8,21H2,1-2H3;2*1H. The number of pyridine rings is 1. The zero-order valence-electron chi connectivity index (χ0n) is 15.3. The molecule has 1 aliphatic heterocycles. The van der Waals surface area contributed by atoms with Crippen molar-refractivity contribution in [2.45, 2.75) is 51.5 Å². The highest BCUT2D eigenvalue weighted by Crippen LogP contribution is 2.40. The van der Waals surface area contributed by atoms with Gasteiger partial charge in [0.1, 0.15) is 0 Å². The second kappa shape index (κ2) is 8.12. The summed E-state index contributed by atoms with van der Waals surface area (Å²) in [6, 6.07) is 6.54. The van der Waals surface area contributed by atoms with Crippen LogP contribution in [0.1, 0.15) is 58.8 Å². The number of carbonyl (C=O) groups is 1. The topological polar surface area (TPSA) is 59.2 Å². The first-order valence-corrected chi connectivity index (χ1v) is 8.99. The summed E-state index contributed by atoms with van der Waals surface area (Å²) in [5.74, 6) is 0.678. The fourth-order valence-electron chi connectivity index (χ4n) is 3.74. The van der Waals surface area contributed by atoms with Gasteiger partial charge < -0.3 is 10.6 Å². The third kappa shape index (κ3) is 3.98. The van der Waals surface area contributed by atoms with Crippen LogP contribution in [-0.2, 0) is 0 Å². The van der Waals surface area contributed by atoms with Crippen LogP contribution in [0.25, 0.3) is 10.9 Å². The fraction of sp³-hybridized carbons (Fsp3) is 0.500. The molecule has 4 nitrogen and oxygen atoms in total. The van der Waals surface area contributed by atoms with E-state index < -0.39 is 0 Å². The molecule has 0 radical (unpaired) electrons. The number of hydrogen-bond acceptors (Lipinski definition) is 3. The zero-order valence-corrected chi connectivity index (χ0v) is 17.0. The molecule has 1 saturated heterocycles. The molecule has 1 amide bonds. The molecule has 1 aromatic heterocycles. The Balaban J connectivity index is 0.00000121. The number of aryl methyl sites for hydroxylation is 2. The monoisotopic (exact) mass is 395 g/mol. The minimum atomic E-state index is 0. The highest BCUT2D eigenvalue weighted by Gasteiger charge is 2.29. The average molecular weight is 396 g/mol. The number of piperidine rings is 1. The molecule has 1 aliphatic carbocycles. The number of aromatic nitrogens is 1. The molecule has 2 aromatic rings. The molecule has 2 N–H and O–H groups in total. The van der Waals surface area contributed by atoms with E-state index in [1.807, 2.05) is 4.90 Å². The number of benzene rings is 1. The maximum Gasteiger partial charge on any atom is 0.254 e. The molecule has 142 valence electrons. The Bertz CT molecular complexity index is 812. The summed E-state index contributed by atoms with van der Waals surface area (Å²) >= 11 is 0. The van der Waals surface area contributed by atoms with E-state index >= 15 is 0 Å². The first-order valence-electron chi connectivity index (χ1n) is 8.99. The summed E-state index contributed by atoms with van der Waals surface area (Å²) in [5, 5.41) is 0.997. The van der Waals surface area contributed by atoms with Crippen LogP contribution in [0.5, 0.6) is 0 Å². The van der Waals surface area contributed by atoms with E-state index in [9.17, 15) is 4.79 Å². The van der Waals surface area contributed by atoms with Crippen molar-refractivity contribution in [1.29, 1.82) is 0 Å². The van der Waals surface area contributed by atoms with Gasteiger partial charge >= 0.3 is 0 Å². The van der Waals surface area contributed by atoms with Gasteiger partial charge in [0.05, 0.1) is 11.1 Å². The predicted molar refractivity (Wildman–Crippen MR) is 111 cm³/mol. The van der Waals surface area contributed by atoms with E-state index in [4.69, 9.17) is 10.7 Å². The lowest BCUT2D eigenvalue weighted by molar-refractivity contribution is 0.0716. The predicted octanol–water partition coefficient (Wildman–Crippen LogP) is 4.14. The number of halogens is 2. The van der Waals surface area contributed by atoms with Crippen LogP contribution in [0, 0.1) is 13.8 Å². The number of carbonyl (C=O) groups excluding carboxylic acids is 1. The Morgan fingerprint density at radius 3 is 2.35 bits per heavy atom. The number of amides is 1. The number of nitrogens with zero attached hydrogens (tertiary/aromatic N) is 2. The van der Waals surface area contributed by atoms with E-state index in [0.717, 1.165) is 53.7 Å². The van der Waals surface area contributed by atoms with Crippen molar-refractivity contribution in [2.24, 2.45) is 5.73 Å². The molecule has 0 spiro atoms. The van der Waals surface area contributed by atoms with E-state index in [1.54, 1.807) is 0 Å². The molecule has 4 rings (SSSR count). The summed E-state index contributed by atoms with van der Waals surface area (Å²) in [7, 11) is 0. The number of hydrogen-bond donors (Lipinski definition) is 1. The summed E-state index contributed by atoms with van der Waals surface area (Å²) in [6.07, 6.45) is 4.16. The third-order valence-electron chi connectivity index (χ3n) is 5.32. The first-order chi connectivity index (χ1) is 11.5. The minimum Gasteiger partial charge on any atom is -0.339 e. The molecule has 6 heteroatoms. The van der Waals surface area contributed by atoms with E-state index in [0.29, 0.717) is 5.92 Å². The van der Waals surface area contributed by atoms with Crippen LogP contribution in [0.2, 0.25) is 0 Å². The quantitative estimate of drug-likeness (QED) is 0.830. The SMILES string of the molecule is Cc1cc(C)c2nc(C3CC3)cc(C(=O)N3CCC(N)CC3)c2c1.Cl.Cl. The van der Waals surface area contributed by atoms with Crippen molar-refractivity contribution in [2.75, 3.05) is 13.1 Å². The summed E-state index contributed by atoms with van der Waals surface area (Å²) in [5.41, 5.74) is 11.2. The summed E-state index contributed by atoms with van der Waals surface area (Å²) < 4.78 is 0. The van der Waals surface area contributed by atoms with Crippen molar-refractivity contribution in [3.8, 4) is 0 Å². The number of fused-ring (bicyclic) bond motifs is 1. The zero-order chi connectivity index (χ0) is 16.8. The van der Waals surface area contributed by atoms with Gasteiger partial charge in [0.2, 0.25) is 0 Å². The van der Waals surface area contributed by atoms with Gasteiger partial charge in [0.25, 0.3) is 5.91 Å². The Labute approximate surface area is 167 Å². The van der Waals surface area contributed by atoms with Gasteiger partial charge in [0, 0.05) is 36.1 Å². The van der Waals surface area contributed by atoms with Crippen molar-refractivity contribution < 1.29 is 4.79 Å². The third-order valence-corrected chi connectivity index (χ3v) is 5.32. The average Bonchev–Trinajstić information content (AvgIpc) is 3.39. The van der Waals surface area contributed by atoms with Crippen molar-refractivity contribution in [1.82, 2.24) is 9.88 Å². The maximum atomic E-state index is 13.2. The molecular formula is C20H27Cl2N3O. The highest BCUT2D eigenvalue weighted by molar-refractivity contribution is 6.07. The molecule has 2 aliphatic rings. The molecule has 1 aromatic carbocycles. The molecule has 26 heavy (non-hydrogen) atoms. The van der Waals surface area contributed by atoms with Crippen LogP contribution in [-0.4, -0.2) is 34.9 Å². The smallest absolute Gasteiger partial charge is 0.254 e. The highest BCUT2D eigenvalue weighted by atomic mass is 35.5. The largest absolute Gasteiger partial charge is 0.339 e. The molecule has 1 saturated carbocycles. The van der Waals surface area contributed by atoms with Crippen molar-refractivity contribution >= 4 is 41.6 Å². The number of nitrogens with two attached hydrogens (primary N) is 1. The molecule has 0 bridgehead atoms. The molecule has 2 fully saturated rings. The number of rotatable bonds is 2. The van der Waals surface area contributed by atoms with E-state index in [-0.39, 0.29) is 36.8 Å². The van der Waals surface area contributed by atoms with Gasteiger partial charge in [-0.05, 0) is 57.2 Å². The fourth-order valence-corrected chi connectivity index (χ4v) is 3.74. The first kappa shape index (κ1) is 20.9. The molecule has 0 unspecified atom stereocenters. The van der Waals surface area contributed by atoms with Gasteiger partial charge in [-0.3, -0.25) is 9.78 Å². The van der Waals surface area contributed by atoms with Crippen LogP contribution in [0.15, 0.2) is 18.2 Å². The summed E-state index contributed by atoms with van der Waals surface area (Å²) in [6.45, 7) is 5.68. The second-order valence-corrected chi connectivity index (χ2v) is 7.48. The van der Waals surface area contributed by atoms with Crippen LogP contribution in [0.3, 0.4) is 0 Å². The van der Waals surface area contributed by atoms with Gasteiger partial charge in [0.15, 0.2) is 0 Å². The second-order valence-electron chi connectivity index (χ2n) is 7.48. The van der Waals surface area contributed by atoms with Crippen LogP contribution >= 0.6 is 24.8 Å². The van der Waals surface area contributed by atoms with Gasteiger partial charge in [-0.15, -0.1) is 24.8 Å². The minimum absolute atomic E-state index is 0. The maximum absolute atomic E-state index is 13.2. The Hall–Kier alpha value is -1.36. The Morgan fingerprint density at radius 1 is 1.08 bits per heavy atom. The lowest BCUT2D eigenvalue weighted by atomic mass is 9.98. The molecule has 2 heterocycles. The Morgan fingerprint density at radius 2 is 1.73 bits per heavy atom. The lowest BCUT2D eigenvalue weighted by Gasteiger charge is -2.30. The summed E-state index contributed by atoms with van der Waals surface area (Å²) in [4.78, 5) is 20.0. The van der Waals surface area contributed by atoms with Crippen molar-refractivity contribution in [3.05, 3.63) is 40.6 Å². The Kier molecular flexibility index (Phi) is 6.54. The van der Waals surface area contributed by atoms with E-state index in [1.165, 1.54) is 18.4 Å². The van der Waals surface area contributed by atoms with Gasteiger partial charge in [-0.25, -0.2) is 0 Å². The van der Waals surface area contributed by atoms with Crippen LogP contribution < -0.4 is 5.73 Å². The van der Waals surface area contributed by atoms with Crippen molar-refractivity contribution in [3.63, 3.8) is 0 Å². The van der Waals surface area contributed by atoms with Gasteiger partial charge in [-0.2, -0.15) is 0 Å². The van der Waals surface area contributed by atoms with E-state index in [2.05, 4.69) is 32.0 Å². The molecular weight excluding hydrogens is 369 g/mol. The van der Waals surface area contributed by atoms with Crippen LogP contribution in [0.4, 0.5) is 0 Å².